The molecule has 0 radical (unpaired) electrons. The number of carbonyl (C=O) groups is 3. The zero-order valence-corrected chi connectivity index (χ0v) is 26.7. The van der Waals surface area contributed by atoms with Crippen molar-refractivity contribution in [1.29, 1.82) is 0 Å². The third kappa shape index (κ3) is 6.06. The van der Waals surface area contributed by atoms with Gasteiger partial charge < -0.3 is 14.4 Å². The van der Waals surface area contributed by atoms with Gasteiger partial charge in [0, 0.05) is 35.1 Å². The SMILES string of the molecule is Cc1cc2c(cc1C1=C[C@@H](C3C[C@@H]3C(=O)N3C(=O)OC[C@@H]3Cc3ccccc3)CC=C1OC(F)(F)F)N(C(C)C)C(=O)CC2(C)C. The predicted molar refractivity (Wildman–Crippen MR) is 166 cm³/mol. The Morgan fingerprint density at radius 3 is 2.52 bits per heavy atom. The third-order valence-corrected chi connectivity index (χ3v) is 9.67. The zero-order valence-electron chi connectivity index (χ0n) is 26.7. The summed E-state index contributed by atoms with van der Waals surface area (Å²) in [6.45, 7) is 9.80. The Bertz CT molecular complexity index is 1630. The van der Waals surface area contributed by atoms with Gasteiger partial charge in [-0.3, -0.25) is 9.59 Å². The van der Waals surface area contributed by atoms with E-state index in [4.69, 9.17) is 4.74 Å². The first kappa shape index (κ1) is 31.9. The Kier molecular flexibility index (Phi) is 8.05. The summed E-state index contributed by atoms with van der Waals surface area (Å²) in [7, 11) is 0. The van der Waals surface area contributed by atoms with Gasteiger partial charge >= 0.3 is 12.5 Å². The summed E-state index contributed by atoms with van der Waals surface area (Å²) in [5.41, 5.74) is 3.79. The number of benzene rings is 2. The van der Waals surface area contributed by atoms with Gasteiger partial charge in [0.25, 0.3) is 0 Å². The first-order valence-corrected chi connectivity index (χ1v) is 15.8. The van der Waals surface area contributed by atoms with Crippen LogP contribution in [0.2, 0.25) is 0 Å². The number of alkyl halides is 3. The number of ether oxygens (including phenoxy) is 2. The standard InChI is InChI=1S/C36H39F3N2O5/c1-20(2)40-30-17-25(21(3)13-29(30)35(4,5)18-32(40)42)27-15-23(11-12-31(27)46-36(37,38)39)26-16-28(26)33(43)41-24(19-45-34(41)44)14-22-9-7-6-8-10-22/h6-10,12-13,15,17,20,23-24,26,28H,11,14,16,18-19H2,1-5H3/t23-,24-,26?,28-/m0/s1. The number of allylic oxidation sites excluding steroid dienone is 3. The molecule has 10 heteroatoms. The van der Waals surface area contributed by atoms with Crippen LogP contribution in [0.25, 0.3) is 5.57 Å². The molecule has 2 fully saturated rings. The smallest absolute Gasteiger partial charge is 0.447 e. The molecule has 2 heterocycles. The van der Waals surface area contributed by atoms with E-state index >= 15 is 0 Å². The monoisotopic (exact) mass is 636 g/mol. The van der Waals surface area contributed by atoms with Gasteiger partial charge in [0.15, 0.2) is 0 Å². The molecule has 244 valence electrons. The molecule has 7 nitrogen and oxygen atoms in total. The average molecular weight is 637 g/mol. The maximum atomic E-state index is 13.7. The second kappa shape index (κ2) is 11.6. The number of rotatable bonds is 7. The molecule has 4 atom stereocenters. The minimum Gasteiger partial charge on any atom is -0.447 e. The van der Waals surface area contributed by atoms with Gasteiger partial charge in [-0.15, -0.1) is 13.2 Å². The van der Waals surface area contributed by atoms with Gasteiger partial charge in [0.05, 0.1) is 6.04 Å². The summed E-state index contributed by atoms with van der Waals surface area (Å²) < 4.78 is 50.7. The van der Waals surface area contributed by atoms with Crippen LogP contribution in [-0.2, 0) is 30.9 Å². The lowest BCUT2D eigenvalue weighted by atomic mass is 9.75. The van der Waals surface area contributed by atoms with E-state index in [1.165, 1.54) is 11.0 Å². The highest BCUT2D eigenvalue weighted by Crippen LogP contribution is 2.52. The van der Waals surface area contributed by atoms with Crippen molar-refractivity contribution in [1.82, 2.24) is 4.90 Å². The highest BCUT2D eigenvalue weighted by Gasteiger charge is 2.53. The molecule has 0 aromatic heterocycles. The highest BCUT2D eigenvalue weighted by atomic mass is 19.4. The number of hydrogen-bond donors (Lipinski definition) is 0. The maximum absolute atomic E-state index is 13.7. The predicted octanol–water partition coefficient (Wildman–Crippen LogP) is 7.47. The van der Waals surface area contributed by atoms with E-state index < -0.39 is 29.8 Å². The van der Waals surface area contributed by atoms with Crippen LogP contribution in [0.15, 0.2) is 60.4 Å². The van der Waals surface area contributed by atoms with Crippen LogP contribution in [-0.4, -0.2) is 47.9 Å². The molecular weight excluding hydrogens is 597 g/mol. The number of anilines is 1. The van der Waals surface area contributed by atoms with E-state index in [1.54, 1.807) is 11.0 Å². The van der Waals surface area contributed by atoms with Crippen molar-refractivity contribution >= 4 is 29.2 Å². The molecule has 2 aliphatic heterocycles. The number of carbonyl (C=O) groups excluding carboxylic acids is 3. The molecule has 2 aromatic carbocycles. The van der Waals surface area contributed by atoms with Crippen LogP contribution < -0.4 is 4.90 Å². The second-order valence-corrected chi connectivity index (χ2v) is 13.8. The molecule has 1 saturated carbocycles. The van der Waals surface area contributed by atoms with Gasteiger partial charge in [-0.05, 0) is 86.3 Å². The molecule has 46 heavy (non-hydrogen) atoms. The summed E-state index contributed by atoms with van der Waals surface area (Å²) in [6.07, 6.45) is -0.734. The lowest BCUT2D eigenvalue weighted by Gasteiger charge is -2.41. The van der Waals surface area contributed by atoms with Crippen LogP contribution in [0.3, 0.4) is 0 Å². The zero-order chi connectivity index (χ0) is 33.1. The molecule has 2 aliphatic carbocycles. The maximum Gasteiger partial charge on any atom is 0.573 e. The van der Waals surface area contributed by atoms with E-state index in [2.05, 4.69) is 4.74 Å². The van der Waals surface area contributed by atoms with Gasteiger partial charge in [-0.1, -0.05) is 56.3 Å². The Balaban J connectivity index is 1.31. The van der Waals surface area contributed by atoms with Crippen LogP contribution in [0.1, 0.15) is 69.2 Å². The molecule has 0 N–H and O–H groups in total. The molecule has 2 aromatic rings. The normalized spacial score (nSPS) is 25.6. The average Bonchev–Trinajstić information content (AvgIpc) is 3.69. The fourth-order valence-corrected chi connectivity index (χ4v) is 7.36. The van der Waals surface area contributed by atoms with Gasteiger partial charge in [0.1, 0.15) is 12.4 Å². The Labute approximate surface area is 267 Å². The first-order valence-electron chi connectivity index (χ1n) is 15.8. The summed E-state index contributed by atoms with van der Waals surface area (Å²) in [4.78, 5) is 42.5. The van der Waals surface area contributed by atoms with Crippen molar-refractivity contribution in [2.24, 2.45) is 17.8 Å². The van der Waals surface area contributed by atoms with E-state index in [-0.39, 0.29) is 54.1 Å². The van der Waals surface area contributed by atoms with E-state index in [0.717, 1.165) is 16.7 Å². The quantitative estimate of drug-likeness (QED) is 0.315. The summed E-state index contributed by atoms with van der Waals surface area (Å²) in [6, 6.07) is 12.8. The van der Waals surface area contributed by atoms with Crippen molar-refractivity contribution in [3.05, 3.63) is 82.6 Å². The van der Waals surface area contributed by atoms with Crippen LogP contribution in [0.5, 0.6) is 0 Å². The topological polar surface area (TPSA) is 76.2 Å². The van der Waals surface area contributed by atoms with Gasteiger partial charge in [-0.2, -0.15) is 0 Å². The van der Waals surface area contributed by atoms with Crippen molar-refractivity contribution in [3.8, 4) is 0 Å². The molecule has 0 bridgehead atoms. The number of fused-ring (bicyclic) bond motifs is 1. The van der Waals surface area contributed by atoms with Crippen molar-refractivity contribution < 1.29 is 37.0 Å². The molecule has 1 unspecified atom stereocenters. The van der Waals surface area contributed by atoms with Crippen LogP contribution >= 0.6 is 0 Å². The van der Waals surface area contributed by atoms with Crippen molar-refractivity contribution in [2.45, 2.75) is 84.2 Å². The fourth-order valence-electron chi connectivity index (χ4n) is 7.36. The van der Waals surface area contributed by atoms with Crippen LogP contribution in [0.4, 0.5) is 23.7 Å². The Morgan fingerprint density at radius 2 is 1.85 bits per heavy atom. The number of nitrogens with zero attached hydrogens (tertiary/aromatic N) is 2. The molecule has 4 aliphatic rings. The van der Waals surface area contributed by atoms with Gasteiger partial charge in [0.2, 0.25) is 11.8 Å². The Hall–Kier alpha value is -4.08. The minimum atomic E-state index is -4.90. The first-order chi connectivity index (χ1) is 21.6. The molecular formula is C36H39F3N2O5. The minimum absolute atomic E-state index is 0.0366. The lowest BCUT2D eigenvalue weighted by molar-refractivity contribution is -0.302. The summed E-state index contributed by atoms with van der Waals surface area (Å²) in [5, 5.41) is 0. The van der Waals surface area contributed by atoms with E-state index in [0.29, 0.717) is 30.5 Å². The number of cyclic esters (lactones) is 1. The lowest BCUT2D eigenvalue weighted by Crippen LogP contribution is -2.45. The fraction of sp³-hybridized carbons (Fsp3) is 0.472. The molecule has 1 saturated heterocycles. The number of amides is 3. The molecule has 6 rings (SSSR count). The Morgan fingerprint density at radius 1 is 1.13 bits per heavy atom. The third-order valence-electron chi connectivity index (χ3n) is 9.67. The van der Waals surface area contributed by atoms with Crippen molar-refractivity contribution in [2.75, 3.05) is 11.5 Å². The van der Waals surface area contributed by atoms with Crippen LogP contribution in [0, 0.1) is 24.7 Å². The molecule has 0 spiro atoms. The molecule has 3 amide bonds. The van der Waals surface area contributed by atoms with E-state index in [1.807, 2.05) is 77.1 Å². The largest absolute Gasteiger partial charge is 0.573 e. The number of imide groups is 1. The summed E-state index contributed by atoms with van der Waals surface area (Å²) in [5.74, 6) is -1.47. The second-order valence-electron chi connectivity index (χ2n) is 13.8. The highest BCUT2D eigenvalue weighted by molar-refractivity contribution is 5.99. The van der Waals surface area contributed by atoms with Gasteiger partial charge in [-0.25, -0.2) is 9.69 Å². The van der Waals surface area contributed by atoms with Crippen molar-refractivity contribution in [3.63, 3.8) is 0 Å². The number of hydrogen-bond acceptors (Lipinski definition) is 5. The van der Waals surface area contributed by atoms with E-state index in [9.17, 15) is 27.6 Å². The summed E-state index contributed by atoms with van der Waals surface area (Å²) >= 11 is 0. The number of halogens is 3. The number of aryl methyl sites for hydroxylation is 1.